The van der Waals surface area contributed by atoms with Crippen molar-refractivity contribution in [1.29, 1.82) is 0 Å². The minimum Gasteiger partial charge on any atom is -0.494 e. The average Bonchev–Trinajstić information content (AvgIpc) is 3.32. The molecule has 1 aromatic heterocycles. The molecular formula is C14H20N4O2. The Labute approximate surface area is 118 Å². The summed E-state index contributed by atoms with van der Waals surface area (Å²) < 4.78 is 5.06. The molecule has 1 aliphatic heterocycles. The second-order valence-electron chi connectivity index (χ2n) is 5.49. The Morgan fingerprint density at radius 3 is 2.75 bits per heavy atom. The summed E-state index contributed by atoms with van der Waals surface area (Å²) in [4.78, 5) is 22.6. The van der Waals surface area contributed by atoms with Crippen molar-refractivity contribution >= 4 is 11.9 Å². The molecule has 1 atom stereocenters. The summed E-state index contributed by atoms with van der Waals surface area (Å²) >= 11 is 0. The number of hydrogen-bond acceptors (Lipinski definition) is 5. The Kier molecular flexibility index (Phi) is 3.71. The zero-order chi connectivity index (χ0) is 13.9. The van der Waals surface area contributed by atoms with E-state index in [0.29, 0.717) is 11.7 Å². The molecular weight excluding hydrogens is 256 g/mol. The fourth-order valence-corrected chi connectivity index (χ4v) is 2.52. The number of carbonyl (C=O) groups excluding carboxylic acids is 1. The third-order valence-corrected chi connectivity index (χ3v) is 3.85. The molecule has 1 amide bonds. The molecule has 2 aliphatic rings. The van der Waals surface area contributed by atoms with Crippen molar-refractivity contribution in [1.82, 2.24) is 15.3 Å². The molecule has 108 valence electrons. The third-order valence-electron chi connectivity index (χ3n) is 3.85. The third kappa shape index (κ3) is 3.00. The minimum atomic E-state index is 0.211. The van der Waals surface area contributed by atoms with Crippen LogP contribution in [0.2, 0.25) is 0 Å². The van der Waals surface area contributed by atoms with Crippen LogP contribution in [0.5, 0.6) is 5.75 Å². The van der Waals surface area contributed by atoms with Gasteiger partial charge in [0, 0.05) is 25.0 Å². The number of rotatable bonds is 4. The van der Waals surface area contributed by atoms with Crippen LogP contribution in [-0.2, 0) is 4.79 Å². The Morgan fingerprint density at radius 1 is 1.35 bits per heavy atom. The van der Waals surface area contributed by atoms with Gasteiger partial charge in [0.25, 0.3) is 0 Å². The first-order valence-electron chi connectivity index (χ1n) is 7.17. The van der Waals surface area contributed by atoms with Gasteiger partial charge in [-0.25, -0.2) is 9.97 Å². The van der Waals surface area contributed by atoms with Crippen molar-refractivity contribution in [3.8, 4) is 5.75 Å². The summed E-state index contributed by atoms with van der Waals surface area (Å²) in [5, 5.41) is 3.14. The van der Waals surface area contributed by atoms with Crippen molar-refractivity contribution in [3.63, 3.8) is 0 Å². The fraction of sp³-hybridized carbons (Fsp3) is 0.643. The van der Waals surface area contributed by atoms with Crippen LogP contribution in [0.25, 0.3) is 0 Å². The van der Waals surface area contributed by atoms with E-state index in [9.17, 15) is 4.79 Å². The number of aromatic nitrogens is 2. The van der Waals surface area contributed by atoms with E-state index in [2.05, 4.69) is 20.2 Å². The van der Waals surface area contributed by atoms with Crippen molar-refractivity contribution in [2.45, 2.75) is 31.7 Å². The number of carbonyl (C=O) groups is 1. The Bertz CT molecular complexity index is 473. The number of piperidine rings is 1. The van der Waals surface area contributed by atoms with Crippen molar-refractivity contribution in [3.05, 3.63) is 12.4 Å². The van der Waals surface area contributed by atoms with E-state index < -0.39 is 0 Å². The van der Waals surface area contributed by atoms with Crippen LogP contribution in [0.3, 0.4) is 0 Å². The molecule has 3 rings (SSSR count). The van der Waals surface area contributed by atoms with Crippen molar-refractivity contribution < 1.29 is 9.53 Å². The molecule has 6 nitrogen and oxygen atoms in total. The van der Waals surface area contributed by atoms with Gasteiger partial charge in [-0.3, -0.25) is 4.79 Å². The molecule has 0 spiro atoms. The van der Waals surface area contributed by atoms with Crippen LogP contribution in [0.4, 0.5) is 5.95 Å². The lowest BCUT2D eigenvalue weighted by atomic mass is 10.1. The van der Waals surface area contributed by atoms with Gasteiger partial charge in [0.2, 0.25) is 11.9 Å². The molecule has 0 aromatic carbocycles. The van der Waals surface area contributed by atoms with Crippen LogP contribution in [0.1, 0.15) is 25.7 Å². The molecule has 20 heavy (non-hydrogen) atoms. The van der Waals surface area contributed by atoms with Crippen LogP contribution in [-0.4, -0.2) is 42.1 Å². The zero-order valence-electron chi connectivity index (χ0n) is 11.7. The minimum absolute atomic E-state index is 0.211. The topological polar surface area (TPSA) is 67.3 Å². The molecule has 2 fully saturated rings. The van der Waals surface area contributed by atoms with Gasteiger partial charge in [-0.15, -0.1) is 0 Å². The largest absolute Gasteiger partial charge is 0.494 e. The number of anilines is 1. The van der Waals surface area contributed by atoms with Crippen LogP contribution in [0.15, 0.2) is 12.4 Å². The maximum absolute atomic E-state index is 11.8. The first-order chi connectivity index (χ1) is 9.76. The van der Waals surface area contributed by atoms with E-state index >= 15 is 0 Å². The average molecular weight is 276 g/mol. The highest BCUT2D eigenvalue weighted by Gasteiger charge is 2.32. The van der Waals surface area contributed by atoms with Crippen LogP contribution in [0, 0.1) is 5.92 Å². The molecule has 1 aromatic rings. The van der Waals surface area contributed by atoms with E-state index in [1.54, 1.807) is 19.5 Å². The van der Waals surface area contributed by atoms with Gasteiger partial charge in [-0.1, -0.05) is 0 Å². The zero-order valence-corrected chi connectivity index (χ0v) is 11.7. The number of amides is 1. The molecule has 2 heterocycles. The quantitative estimate of drug-likeness (QED) is 0.888. The molecule has 0 radical (unpaired) electrons. The Hall–Kier alpha value is -1.85. The predicted octanol–water partition coefficient (Wildman–Crippen LogP) is 0.980. The van der Waals surface area contributed by atoms with Crippen molar-refractivity contribution in [2.24, 2.45) is 5.92 Å². The number of methoxy groups -OCH3 is 1. The van der Waals surface area contributed by atoms with Gasteiger partial charge in [0.1, 0.15) is 0 Å². The smallest absolute Gasteiger partial charge is 0.225 e. The highest BCUT2D eigenvalue weighted by atomic mass is 16.5. The molecule has 1 saturated heterocycles. The van der Waals surface area contributed by atoms with Crippen LogP contribution >= 0.6 is 0 Å². The van der Waals surface area contributed by atoms with E-state index in [1.165, 1.54) is 0 Å². The Balaban J connectivity index is 1.60. The normalized spacial score (nSPS) is 22.4. The summed E-state index contributed by atoms with van der Waals surface area (Å²) in [6.07, 6.45) is 7.52. The highest BCUT2D eigenvalue weighted by molar-refractivity contribution is 5.81. The lowest BCUT2D eigenvalue weighted by Crippen LogP contribution is -2.48. The second kappa shape index (κ2) is 5.64. The Morgan fingerprint density at radius 2 is 2.10 bits per heavy atom. The lowest BCUT2D eigenvalue weighted by Gasteiger charge is -2.33. The standard InChI is InChI=1S/C14H20N4O2/c1-20-12-7-15-14(16-8-12)18-6-2-3-11(9-18)17-13(19)10-4-5-10/h7-8,10-11H,2-6,9H2,1H3,(H,17,19). The van der Waals surface area contributed by atoms with Gasteiger partial charge in [0.05, 0.1) is 19.5 Å². The van der Waals surface area contributed by atoms with Gasteiger partial charge in [0.15, 0.2) is 5.75 Å². The highest BCUT2D eigenvalue weighted by Crippen LogP contribution is 2.29. The first-order valence-corrected chi connectivity index (χ1v) is 7.17. The van der Waals surface area contributed by atoms with Gasteiger partial charge in [-0.2, -0.15) is 0 Å². The molecule has 1 aliphatic carbocycles. The second-order valence-corrected chi connectivity index (χ2v) is 5.49. The van der Waals surface area contributed by atoms with Crippen LogP contribution < -0.4 is 15.0 Å². The monoisotopic (exact) mass is 276 g/mol. The molecule has 1 saturated carbocycles. The van der Waals surface area contributed by atoms with Gasteiger partial charge < -0.3 is 15.0 Å². The summed E-state index contributed by atoms with van der Waals surface area (Å²) in [7, 11) is 1.60. The number of nitrogens with one attached hydrogen (secondary N) is 1. The molecule has 6 heteroatoms. The van der Waals surface area contributed by atoms with Gasteiger partial charge in [-0.05, 0) is 25.7 Å². The molecule has 1 N–H and O–H groups in total. The van der Waals surface area contributed by atoms with E-state index in [-0.39, 0.29) is 17.9 Å². The van der Waals surface area contributed by atoms with Gasteiger partial charge >= 0.3 is 0 Å². The number of nitrogens with zero attached hydrogens (tertiary/aromatic N) is 3. The summed E-state index contributed by atoms with van der Waals surface area (Å²) in [6, 6.07) is 0.211. The summed E-state index contributed by atoms with van der Waals surface area (Å²) in [6.45, 7) is 1.72. The maximum atomic E-state index is 11.8. The van der Waals surface area contributed by atoms with E-state index in [4.69, 9.17) is 4.74 Å². The number of ether oxygens (including phenoxy) is 1. The van der Waals surface area contributed by atoms with Crippen molar-refractivity contribution in [2.75, 3.05) is 25.1 Å². The lowest BCUT2D eigenvalue weighted by molar-refractivity contribution is -0.123. The maximum Gasteiger partial charge on any atom is 0.225 e. The number of hydrogen-bond donors (Lipinski definition) is 1. The molecule has 0 bridgehead atoms. The summed E-state index contributed by atoms with van der Waals surface area (Å²) in [5.41, 5.74) is 0. The first kappa shape index (κ1) is 13.1. The van der Waals surface area contributed by atoms with E-state index in [1.807, 2.05) is 0 Å². The van der Waals surface area contributed by atoms with E-state index in [0.717, 1.165) is 38.8 Å². The molecule has 1 unspecified atom stereocenters. The predicted molar refractivity (Wildman–Crippen MR) is 74.7 cm³/mol. The summed E-state index contributed by atoms with van der Waals surface area (Å²) in [5.74, 6) is 1.84. The SMILES string of the molecule is COc1cnc(N2CCCC(NC(=O)C3CC3)C2)nc1. The fourth-order valence-electron chi connectivity index (χ4n) is 2.52.